The van der Waals surface area contributed by atoms with Gasteiger partial charge in [-0.15, -0.1) is 0 Å². The first-order chi connectivity index (χ1) is 8.72. The predicted molar refractivity (Wildman–Crippen MR) is 79.1 cm³/mol. The lowest BCUT2D eigenvalue weighted by atomic mass is 10.2. The van der Waals surface area contributed by atoms with Gasteiger partial charge < -0.3 is 10.6 Å². The summed E-state index contributed by atoms with van der Waals surface area (Å²) in [6.07, 6.45) is 2.95. The van der Waals surface area contributed by atoms with Crippen molar-refractivity contribution in [2.45, 2.75) is 13.3 Å². The van der Waals surface area contributed by atoms with E-state index in [1.807, 2.05) is 6.07 Å². The van der Waals surface area contributed by atoms with Crippen molar-refractivity contribution in [3.8, 4) is 0 Å². The number of rotatable bonds is 4. The van der Waals surface area contributed by atoms with E-state index in [1.165, 1.54) is 13.0 Å². The molecule has 98 valence electrons. The number of hydrogen-bond donors (Lipinski definition) is 1. The summed E-state index contributed by atoms with van der Waals surface area (Å²) in [5.74, 6) is 0. The van der Waals surface area contributed by atoms with Crippen LogP contribution in [0.4, 0.5) is 5.69 Å². The second kappa shape index (κ2) is 6.11. The molecule has 0 radical (unpaired) electrons. The number of hydrogen-bond acceptors (Lipinski definition) is 4. The van der Waals surface area contributed by atoms with E-state index in [0.717, 1.165) is 37.6 Å². The van der Waals surface area contributed by atoms with Gasteiger partial charge >= 0.3 is 0 Å². The van der Waals surface area contributed by atoms with Crippen molar-refractivity contribution < 1.29 is 0 Å². The van der Waals surface area contributed by atoms with Crippen molar-refractivity contribution in [2.75, 3.05) is 37.6 Å². The van der Waals surface area contributed by atoms with Gasteiger partial charge in [0.2, 0.25) is 0 Å². The average molecular weight is 264 g/mol. The lowest BCUT2D eigenvalue weighted by molar-refractivity contribution is 0.258. The molecule has 1 saturated heterocycles. The minimum atomic E-state index is 0.376. The molecule has 0 unspecified atom stereocenters. The second-order valence-electron chi connectivity index (χ2n) is 4.56. The lowest BCUT2D eigenvalue weighted by Crippen LogP contribution is -2.47. The third-order valence-corrected chi connectivity index (χ3v) is 3.47. The van der Waals surface area contributed by atoms with Crippen molar-refractivity contribution in [3.63, 3.8) is 0 Å². The number of nitrogens with zero attached hydrogens (tertiary/aromatic N) is 3. The fourth-order valence-corrected chi connectivity index (χ4v) is 2.53. The Balaban J connectivity index is 2.07. The van der Waals surface area contributed by atoms with Gasteiger partial charge in [0.25, 0.3) is 0 Å². The third-order valence-electron chi connectivity index (χ3n) is 3.27. The number of nitrogens with two attached hydrogens (primary N) is 1. The van der Waals surface area contributed by atoms with Gasteiger partial charge in [-0.25, -0.2) is 0 Å². The fourth-order valence-electron chi connectivity index (χ4n) is 2.37. The molecule has 0 saturated carbocycles. The summed E-state index contributed by atoms with van der Waals surface area (Å²) in [5, 5.41) is 0. The SMILES string of the molecule is CCCN1CCN(c2cccnc2C(N)=S)CC1. The molecule has 0 atom stereocenters. The first-order valence-electron chi connectivity index (χ1n) is 6.44. The first-order valence-corrected chi connectivity index (χ1v) is 6.85. The van der Waals surface area contributed by atoms with Gasteiger partial charge in [-0.2, -0.15) is 0 Å². The van der Waals surface area contributed by atoms with Gasteiger partial charge in [0.1, 0.15) is 10.7 Å². The molecule has 0 amide bonds. The quantitative estimate of drug-likeness (QED) is 0.829. The Morgan fingerprint density at radius 2 is 2.11 bits per heavy atom. The van der Waals surface area contributed by atoms with Gasteiger partial charge in [0, 0.05) is 32.4 Å². The largest absolute Gasteiger partial charge is 0.388 e. The van der Waals surface area contributed by atoms with E-state index in [9.17, 15) is 0 Å². The molecule has 4 nitrogen and oxygen atoms in total. The highest BCUT2D eigenvalue weighted by molar-refractivity contribution is 7.80. The summed E-state index contributed by atoms with van der Waals surface area (Å²) in [6, 6.07) is 3.99. The topological polar surface area (TPSA) is 45.4 Å². The minimum Gasteiger partial charge on any atom is -0.388 e. The molecule has 0 bridgehead atoms. The smallest absolute Gasteiger partial charge is 0.124 e. The van der Waals surface area contributed by atoms with Crippen molar-refractivity contribution >= 4 is 22.9 Å². The maximum Gasteiger partial charge on any atom is 0.124 e. The Kier molecular flexibility index (Phi) is 4.49. The molecular weight excluding hydrogens is 244 g/mol. The zero-order valence-corrected chi connectivity index (χ0v) is 11.6. The average Bonchev–Trinajstić information content (AvgIpc) is 2.40. The van der Waals surface area contributed by atoms with E-state index in [1.54, 1.807) is 6.20 Å². The maximum atomic E-state index is 5.73. The van der Waals surface area contributed by atoms with Crippen LogP contribution in [0.25, 0.3) is 0 Å². The van der Waals surface area contributed by atoms with E-state index >= 15 is 0 Å². The molecular formula is C13H20N4S. The van der Waals surface area contributed by atoms with E-state index < -0.39 is 0 Å². The van der Waals surface area contributed by atoms with E-state index in [2.05, 4.69) is 27.8 Å². The molecule has 1 aromatic rings. The van der Waals surface area contributed by atoms with Crippen molar-refractivity contribution in [1.82, 2.24) is 9.88 Å². The summed E-state index contributed by atoms with van der Waals surface area (Å²) in [7, 11) is 0. The number of piperazine rings is 1. The molecule has 18 heavy (non-hydrogen) atoms. The predicted octanol–water partition coefficient (Wildman–Crippen LogP) is 1.25. The molecule has 1 aliphatic rings. The first kappa shape index (κ1) is 13.2. The Morgan fingerprint density at radius 1 is 1.39 bits per heavy atom. The standard InChI is InChI=1S/C13H20N4S/c1-2-6-16-7-9-17(10-8-16)11-4-3-5-15-12(11)13(14)18/h3-5H,2,6-10H2,1H3,(H2,14,18). The molecule has 1 fully saturated rings. The zero-order chi connectivity index (χ0) is 13.0. The van der Waals surface area contributed by atoms with Gasteiger partial charge in [-0.05, 0) is 25.1 Å². The van der Waals surface area contributed by atoms with Crippen LogP contribution >= 0.6 is 12.2 Å². The van der Waals surface area contributed by atoms with Gasteiger partial charge in [0.05, 0.1) is 5.69 Å². The van der Waals surface area contributed by atoms with Gasteiger partial charge in [-0.3, -0.25) is 9.88 Å². The van der Waals surface area contributed by atoms with Crippen LogP contribution in [0.15, 0.2) is 18.3 Å². The Hall–Kier alpha value is -1.20. The Bertz CT molecular complexity index is 413. The van der Waals surface area contributed by atoms with Crippen LogP contribution in [0.5, 0.6) is 0 Å². The highest BCUT2D eigenvalue weighted by Crippen LogP contribution is 2.19. The van der Waals surface area contributed by atoms with E-state index in [0.29, 0.717) is 4.99 Å². The molecule has 0 spiro atoms. The maximum absolute atomic E-state index is 5.73. The minimum absolute atomic E-state index is 0.376. The van der Waals surface area contributed by atoms with Crippen LogP contribution in [-0.4, -0.2) is 47.6 Å². The monoisotopic (exact) mass is 264 g/mol. The summed E-state index contributed by atoms with van der Waals surface area (Å²) < 4.78 is 0. The van der Waals surface area contributed by atoms with Crippen LogP contribution in [0.2, 0.25) is 0 Å². The lowest BCUT2D eigenvalue weighted by Gasteiger charge is -2.36. The summed E-state index contributed by atoms with van der Waals surface area (Å²) in [5.41, 5.74) is 7.55. The third kappa shape index (κ3) is 2.97. The molecule has 0 aromatic carbocycles. The Labute approximate surface area is 114 Å². The van der Waals surface area contributed by atoms with Crippen LogP contribution in [0.3, 0.4) is 0 Å². The van der Waals surface area contributed by atoms with Crippen LogP contribution < -0.4 is 10.6 Å². The highest BCUT2D eigenvalue weighted by Gasteiger charge is 2.19. The number of thiocarbonyl (C=S) groups is 1. The molecule has 1 aliphatic heterocycles. The molecule has 2 N–H and O–H groups in total. The van der Waals surface area contributed by atoms with Crippen LogP contribution in [-0.2, 0) is 0 Å². The number of aromatic nitrogens is 1. The molecule has 5 heteroatoms. The van der Waals surface area contributed by atoms with Crippen LogP contribution in [0.1, 0.15) is 19.0 Å². The summed E-state index contributed by atoms with van der Waals surface area (Å²) >= 11 is 5.06. The Morgan fingerprint density at radius 3 is 2.72 bits per heavy atom. The van der Waals surface area contributed by atoms with Crippen LogP contribution in [0, 0.1) is 0 Å². The van der Waals surface area contributed by atoms with E-state index in [-0.39, 0.29) is 0 Å². The second-order valence-corrected chi connectivity index (χ2v) is 5.00. The normalized spacial score (nSPS) is 16.8. The summed E-state index contributed by atoms with van der Waals surface area (Å²) in [4.78, 5) is 9.48. The molecule has 2 rings (SSSR count). The molecule has 2 heterocycles. The van der Waals surface area contributed by atoms with Crippen molar-refractivity contribution in [3.05, 3.63) is 24.0 Å². The zero-order valence-electron chi connectivity index (χ0n) is 10.8. The van der Waals surface area contributed by atoms with Gasteiger partial charge in [-0.1, -0.05) is 19.1 Å². The summed E-state index contributed by atoms with van der Waals surface area (Å²) in [6.45, 7) is 7.63. The fraction of sp³-hybridized carbons (Fsp3) is 0.538. The number of pyridine rings is 1. The molecule has 1 aromatic heterocycles. The van der Waals surface area contributed by atoms with E-state index in [4.69, 9.17) is 18.0 Å². The van der Waals surface area contributed by atoms with Gasteiger partial charge in [0.15, 0.2) is 0 Å². The molecule has 0 aliphatic carbocycles. The van der Waals surface area contributed by atoms with Crippen molar-refractivity contribution in [2.24, 2.45) is 5.73 Å². The highest BCUT2D eigenvalue weighted by atomic mass is 32.1. The van der Waals surface area contributed by atoms with Crippen molar-refractivity contribution in [1.29, 1.82) is 0 Å². The number of anilines is 1.